The minimum atomic E-state index is -0.464. The average molecular weight is 281 g/mol. The Kier molecular flexibility index (Phi) is 3.11. The predicted molar refractivity (Wildman–Crippen MR) is 79.2 cm³/mol. The highest BCUT2D eigenvalue weighted by Crippen LogP contribution is 2.47. The van der Waals surface area contributed by atoms with Crippen LogP contribution in [0.15, 0.2) is 36.4 Å². The molecule has 0 fully saturated rings. The summed E-state index contributed by atoms with van der Waals surface area (Å²) < 4.78 is 5.31. The normalized spacial score (nSPS) is 15.3. The Labute approximate surface area is 122 Å². The average Bonchev–Trinajstić information content (AvgIpc) is 2.73. The molecule has 106 valence electrons. The molecule has 2 aromatic rings. The number of esters is 1. The molecule has 0 aliphatic heterocycles. The van der Waals surface area contributed by atoms with E-state index in [9.17, 15) is 9.59 Å². The maximum Gasteiger partial charge on any atom is 0.308 e. The zero-order valence-electron chi connectivity index (χ0n) is 11.8. The Bertz CT molecular complexity index is 765. The number of carbonyl (C=O) groups is 2. The Hall–Kier alpha value is -2.46. The smallest absolute Gasteiger partial charge is 0.308 e. The Morgan fingerprint density at radius 3 is 2.43 bits per heavy atom. The molecule has 0 radical (unpaired) electrons. The molecule has 1 aliphatic carbocycles. The van der Waals surface area contributed by atoms with Crippen molar-refractivity contribution in [2.45, 2.75) is 19.9 Å². The van der Waals surface area contributed by atoms with Crippen LogP contribution in [0.5, 0.6) is 5.75 Å². The summed E-state index contributed by atoms with van der Waals surface area (Å²) in [5.74, 6) is -0.331. The SMILES string of the molecule is CC(=O)Oc1c(C(C)=O)ccc2c1C(N)c1ccccc1-2. The topological polar surface area (TPSA) is 69.4 Å². The van der Waals surface area contributed by atoms with Crippen molar-refractivity contribution < 1.29 is 14.3 Å². The molecule has 2 aromatic carbocycles. The third-order valence-electron chi connectivity index (χ3n) is 3.72. The van der Waals surface area contributed by atoms with Gasteiger partial charge in [-0.15, -0.1) is 0 Å². The highest BCUT2D eigenvalue weighted by Gasteiger charge is 2.31. The van der Waals surface area contributed by atoms with Gasteiger partial charge in [-0.05, 0) is 29.7 Å². The highest BCUT2D eigenvalue weighted by molar-refractivity contribution is 6.00. The molecule has 0 saturated heterocycles. The summed E-state index contributed by atoms with van der Waals surface area (Å²) in [5, 5.41) is 0. The predicted octanol–water partition coefficient (Wildman–Crippen LogP) is 2.84. The zero-order chi connectivity index (χ0) is 15.1. The van der Waals surface area contributed by atoms with Crippen LogP contribution in [0.3, 0.4) is 0 Å². The van der Waals surface area contributed by atoms with E-state index in [-0.39, 0.29) is 11.5 Å². The molecule has 4 nitrogen and oxygen atoms in total. The number of fused-ring (bicyclic) bond motifs is 3. The molecular formula is C17H15NO3. The number of rotatable bonds is 2. The van der Waals surface area contributed by atoms with Crippen molar-refractivity contribution in [1.82, 2.24) is 0 Å². The number of hydrogen-bond donors (Lipinski definition) is 1. The summed E-state index contributed by atoms with van der Waals surface area (Å²) in [4.78, 5) is 23.2. The fraction of sp³-hybridized carbons (Fsp3) is 0.176. The molecule has 2 N–H and O–H groups in total. The van der Waals surface area contributed by atoms with Gasteiger partial charge in [0.2, 0.25) is 0 Å². The summed E-state index contributed by atoms with van der Waals surface area (Å²) in [7, 11) is 0. The molecule has 4 heteroatoms. The quantitative estimate of drug-likeness (QED) is 0.522. The van der Waals surface area contributed by atoms with Gasteiger partial charge in [0.25, 0.3) is 0 Å². The molecule has 1 unspecified atom stereocenters. The van der Waals surface area contributed by atoms with E-state index in [1.54, 1.807) is 6.07 Å². The van der Waals surface area contributed by atoms with Gasteiger partial charge in [0.05, 0.1) is 11.6 Å². The minimum absolute atomic E-state index is 0.155. The van der Waals surface area contributed by atoms with E-state index in [1.807, 2.05) is 30.3 Å². The van der Waals surface area contributed by atoms with Crippen LogP contribution in [0.4, 0.5) is 0 Å². The van der Waals surface area contributed by atoms with Crippen LogP contribution >= 0.6 is 0 Å². The fourth-order valence-electron chi connectivity index (χ4n) is 2.84. The van der Waals surface area contributed by atoms with Gasteiger partial charge in [-0.25, -0.2) is 0 Å². The summed E-state index contributed by atoms with van der Waals surface area (Å²) in [6, 6.07) is 10.9. The van der Waals surface area contributed by atoms with E-state index in [0.29, 0.717) is 11.1 Å². The van der Waals surface area contributed by atoms with Crippen molar-refractivity contribution in [3.63, 3.8) is 0 Å². The second kappa shape index (κ2) is 4.82. The summed E-state index contributed by atoms with van der Waals surface area (Å²) >= 11 is 0. The Morgan fingerprint density at radius 1 is 1.05 bits per heavy atom. The van der Waals surface area contributed by atoms with Crippen LogP contribution in [0.25, 0.3) is 11.1 Å². The molecule has 1 atom stereocenters. The third kappa shape index (κ3) is 2.04. The number of ether oxygens (including phenoxy) is 1. The number of ketones is 1. The lowest BCUT2D eigenvalue weighted by Gasteiger charge is -2.15. The highest BCUT2D eigenvalue weighted by atomic mass is 16.5. The Morgan fingerprint density at radius 2 is 1.76 bits per heavy atom. The van der Waals surface area contributed by atoms with Gasteiger partial charge < -0.3 is 10.5 Å². The molecule has 0 amide bonds. The Balaban J connectivity index is 2.29. The van der Waals surface area contributed by atoms with Crippen LogP contribution in [0, 0.1) is 0 Å². The number of hydrogen-bond acceptors (Lipinski definition) is 4. The van der Waals surface area contributed by atoms with Gasteiger partial charge in [-0.1, -0.05) is 30.3 Å². The first kappa shape index (κ1) is 13.5. The molecule has 0 spiro atoms. The first-order valence-electron chi connectivity index (χ1n) is 6.72. The third-order valence-corrected chi connectivity index (χ3v) is 3.72. The zero-order valence-corrected chi connectivity index (χ0v) is 11.8. The van der Waals surface area contributed by atoms with Crippen LogP contribution < -0.4 is 10.5 Å². The lowest BCUT2D eigenvalue weighted by Crippen LogP contribution is -2.14. The van der Waals surface area contributed by atoms with Gasteiger partial charge in [-0.2, -0.15) is 0 Å². The van der Waals surface area contributed by atoms with Crippen molar-refractivity contribution >= 4 is 11.8 Å². The monoisotopic (exact) mass is 281 g/mol. The molecule has 3 rings (SSSR count). The standard InChI is InChI=1S/C17H15NO3/c1-9(19)11-7-8-13-12-5-3-4-6-14(12)16(18)15(13)17(11)21-10(2)20/h3-8,16H,18H2,1-2H3. The van der Waals surface area contributed by atoms with Crippen LogP contribution in [-0.2, 0) is 4.79 Å². The molecule has 0 bridgehead atoms. The van der Waals surface area contributed by atoms with Gasteiger partial charge >= 0.3 is 5.97 Å². The summed E-state index contributed by atoms with van der Waals surface area (Å²) in [5.41, 5.74) is 10.3. The molecule has 0 aromatic heterocycles. The molecule has 21 heavy (non-hydrogen) atoms. The molecule has 0 saturated carbocycles. The van der Waals surface area contributed by atoms with E-state index in [4.69, 9.17) is 10.5 Å². The second-order valence-corrected chi connectivity index (χ2v) is 5.12. The van der Waals surface area contributed by atoms with E-state index >= 15 is 0 Å². The minimum Gasteiger partial charge on any atom is -0.426 e. The van der Waals surface area contributed by atoms with Crippen LogP contribution in [0.1, 0.15) is 41.4 Å². The number of nitrogens with two attached hydrogens (primary N) is 1. The second-order valence-electron chi connectivity index (χ2n) is 5.12. The van der Waals surface area contributed by atoms with Crippen molar-refractivity contribution in [1.29, 1.82) is 0 Å². The van der Waals surface area contributed by atoms with Crippen LogP contribution in [-0.4, -0.2) is 11.8 Å². The fourth-order valence-corrected chi connectivity index (χ4v) is 2.84. The molecule has 0 heterocycles. The van der Waals surface area contributed by atoms with E-state index in [0.717, 1.165) is 16.7 Å². The molecular weight excluding hydrogens is 266 g/mol. The van der Waals surface area contributed by atoms with E-state index in [2.05, 4.69) is 0 Å². The van der Waals surface area contributed by atoms with E-state index in [1.165, 1.54) is 13.8 Å². The van der Waals surface area contributed by atoms with Gasteiger partial charge in [-0.3, -0.25) is 9.59 Å². The summed E-state index contributed by atoms with van der Waals surface area (Å²) in [6.07, 6.45) is 0. The summed E-state index contributed by atoms with van der Waals surface area (Å²) in [6.45, 7) is 2.76. The lowest BCUT2D eigenvalue weighted by atomic mass is 9.99. The van der Waals surface area contributed by atoms with Crippen molar-refractivity contribution in [3.8, 4) is 16.9 Å². The first-order chi connectivity index (χ1) is 10.0. The van der Waals surface area contributed by atoms with Crippen LogP contribution in [0.2, 0.25) is 0 Å². The van der Waals surface area contributed by atoms with E-state index < -0.39 is 12.0 Å². The first-order valence-corrected chi connectivity index (χ1v) is 6.72. The van der Waals surface area contributed by atoms with Gasteiger partial charge in [0.15, 0.2) is 5.78 Å². The van der Waals surface area contributed by atoms with Gasteiger partial charge in [0, 0.05) is 12.5 Å². The maximum absolute atomic E-state index is 11.8. The largest absolute Gasteiger partial charge is 0.426 e. The lowest BCUT2D eigenvalue weighted by molar-refractivity contribution is -0.131. The number of Topliss-reactive ketones (excluding diaryl/α,β-unsaturated/α-hetero) is 1. The molecule has 1 aliphatic rings. The van der Waals surface area contributed by atoms with Crippen molar-refractivity contribution in [2.24, 2.45) is 5.73 Å². The van der Waals surface area contributed by atoms with Crippen molar-refractivity contribution in [3.05, 3.63) is 53.1 Å². The number of benzene rings is 2. The number of carbonyl (C=O) groups excluding carboxylic acids is 2. The maximum atomic E-state index is 11.8. The van der Waals surface area contributed by atoms with Gasteiger partial charge in [0.1, 0.15) is 5.75 Å². The van der Waals surface area contributed by atoms with Crippen molar-refractivity contribution in [2.75, 3.05) is 0 Å².